The van der Waals surface area contributed by atoms with E-state index in [9.17, 15) is 4.79 Å². The van der Waals surface area contributed by atoms with Crippen molar-refractivity contribution >= 4 is 11.6 Å². The number of ketones is 1. The van der Waals surface area contributed by atoms with Crippen LogP contribution < -0.4 is 4.74 Å². The van der Waals surface area contributed by atoms with Gasteiger partial charge in [0.25, 0.3) is 0 Å². The molecular weight excluding hydrogens is 326 g/mol. The van der Waals surface area contributed by atoms with Gasteiger partial charge in [-0.15, -0.1) is 0 Å². The van der Waals surface area contributed by atoms with Gasteiger partial charge in [0.15, 0.2) is 5.78 Å². The largest absolute Gasteiger partial charge is 0.496 e. The Hall–Kier alpha value is -3.47. The van der Waals surface area contributed by atoms with Crippen LogP contribution in [-0.2, 0) is 6.42 Å². The van der Waals surface area contributed by atoms with Crippen LogP contribution in [0.25, 0.3) is 17.0 Å². The van der Waals surface area contributed by atoms with Crippen molar-refractivity contribution in [3.05, 3.63) is 84.3 Å². The highest BCUT2D eigenvalue weighted by molar-refractivity contribution is 6.00. The van der Waals surface area contributed by atoms with Crippen LogP contribution in [0, 0.1) is 0 Å². The molecule has 5 nitrogen and oxygen atoms in total. The molecule has 2 heterocycles. The smallest absolute Gasteiger partial charge is 0.234 e. The molecule has 4 aromatic rings. The van der Waals surface area contributed by atoms with Crippen LogP contribution in [0.4, 0.5) is 0 Å². The summed E-state index contributed by atoms with van der Waals surface area (Å²) >= 11 is 0. The van der Waals surface area contributed by atoms with Gasteiger partial charge in [0, 0.05) is 30.6 Å². The summed E-state index contributed by atoms with van der Waals surface area (Å²) < 4.78 is 7.16. The summed E-state index contributed by atoms with van der Waals surface area (Å²) in [5, 5.41) is 0. The van der Waals surface area contributed by atoms with Crippen molar-refractivity contribution in [3.8, 4) is 17.0 Å². The molecular formula is C21H17N3O2. The fourth-order valence-electron chi connectivity index (χ4n) is 2.92. The third-order valence-corrected chi connectivity index (χ3v) is 4.26. The lowest BCUT2D eigenvalue weighted by Gasteiger charge is -2.07. The third kappa shape index (κ3) is 3.07. The first-order valence-electron chi connectivity index (χ1n) is 8.30. The Morgan fingerprint density at radius 3 is 2.65 bits per heavy atom. The van der Waals surface area contributed by atoms with E-state index in [4.69, 9.17) is 4.74 Å². The second kappa shape index (κ2) is 6.80. The average Bonchev–Trinajstić information content (AvgIpc) is 3.12. The number of nitrogens with zero attached hydrogens (tertiary/aromatic N) is 3. The van der Waals surface area contributed by atoms with Gasteiger partial charge in [0.1, 0.15) is 5.75 Å². The number of rotatable bonds is 5. The van der Waals surface area contributed by atoms with Gasteiger partial charge in [-0.3, -0.25) is 9.20 Å². The Labute approximate surface area is 150 Å². The van der Waals surface area contributed by atoms with Gasteiger partial charge in [-0.25, -0.2) is 9.97 Å². The van der Waals surface area contributed by atoms with E-state index < -0.39 is 0 Å². The number of hydrogen-bond acceptors (Lipinski definition) is 4. The standard InChI is InChI=1S/C21H17N3O2/c1-26-20-6-3-2-5-17(20)19(25)13-15-7-9-16(10-8-15)18-14-24-12-4-11-22-21(24)23-18/h2-12,14H,13H2,1H3. The van der Waals surface area contributed by atoms with Gasteiger partial charge in [0.05, 0.1) is 18.4 Å². The van der Waals surface area contributed by atoms with E-state index in [1.54, 1.807) is 25.4 Å². The SMILES string of the molecule is COc1ccccc1C(=O)Cc1ccc(-c2cn3cccnc3n2)cc1. The fraction of sp³-hybridized carbons (Fsp3) is 0.0952. The van der Waals surface area contributed by atoms with Crippen LogP contribution >= 0.6 is 0 Å². The number of ether oxygens (including phenoxy) is 1. The number of hydrogen-bond donors (Lipinski definition) is 0. The van der Waals surface area contributed by atoms with Gasteiger partial charge >= 0.3 is 0 Å². The number of carbonyl (C=O) groups is 1. The van der Waals surface area contributed by atoms with Crippen LogP contribution in [0.15, 0.2) is 73.2 Å². The molecule has 0 radical (unpaired) electrons. The summed E-state index contributed by atoms with van der Waals surface area (Å²) in [4.78, 5) is 21.3. The normalized spacial score (nSPS) is 10.8. The van der Waals surface area contributed by atoms with Crippen molar-refractivity contribution in [2.75, 3.05) is 7.11 Å². The number of benzene rings is 2. The summed E-state index contributed by atoms with van der Waals surface area (Å²) in [5.41, 5.74) is 3.40. The minimum Gasteiger partial charge on any atom is -0.496 e. The van der Waals surface area contributed by atoms with Gasteiger partial charge in [-0.2, -0.15) is 0 Å². The molecule has 0 amide bonds. The number of methoxy groups -OCH3 is 1. The second-order valence-electron chi connectivity index (χ2n) is 5.95. The van der Waals surface area contributed by atoms with Crippen molar-refractivity contribution in [2.24, 2.45) is 0 Å². The molecule has 0 bridgehead atoms. The average molecular weight is 343 g/mol. The van der Waals surface area contributed by atoms with Crippen molar-refractivity contribution in [1.29, 1.82) is 0 Å². The second-order valence-corrected chi connectivity index (χ2v) is 5.95. The maximum absolute atomic E-state index is 12.6. The third-order valence-electron chi connectivity index (χ3n) is 4.26. The molecule has 0 fully saturated rings. The lowest BCUT2D eigenvalue weighted by atomic mass is 10.0. The van der Waals surface area contributed by atoms with E-state index >= 15 is 0 Å². The molecule has 0 saturated heterocycles. The number of fused-ring (bicyclic) bond motifs is 1. The first-order chi connectivity index (χ1) is 12.7. The summed E-state index contributed by atoms with van der Waals surface area (Å²) in [5.74, 6) is 1.30. The molecule has 0 saturated carbocycles. The first kappa shape index (κ1) is 16.0. The first-order valence-corrected chi connectivity index (χ1v) is 8.30. The number of Topliss-reactive ketones (excluding diaryl/α,β-unsaturated/α-hetero) is 1. The van der Waals surface area contributed by atoms with Crippen LogP contribution in [0.3, 0.4) is 0 Å². The van der Waals surface area contributed by atoms with E-state index in [1.807, 2.05) is 59.3 Å². The Balaban J connectivity index is 1.55. The highest BCUT2D eigenvalue weighted by Crippen LogP contribution is 2.22. The van der Waals surface area contributed by atoms with Gasteiger partial charge < -0.3 is 4.74 Å². The summed E-state index contributed by atoms with van der Waals surface area (Å²) in [6.07, 6.45) is 5.91. The fourth-order valence-corrected chi connectivity index (χ4v) is 2.92. The lowest BCUT2D eigenvalue weighted by Crippen LogP contribution is -2.05. The van der Waals surface area contributed by atoms with Gasteiger partial charge in [0.2, 0.25) is 5.78 Å². The number of para-hydroxylation sites is 1. The summed E-state index contributed by atoms with van der Waals surface area (Å²) in [6.45, 7) is 0. The van der Waals surface area contributed by atoms with Crippen molar-refractivity contribution in [2.45, 2.75) is 6.42 Å². The minimum absolute atomic E-state index is 0.0344. The maximum atomic E-state index is 12.6. The lowest BCUT2D eigenvalue weighted by molar-refractivity contribution is 0.0990. The topological polar surface area (TPSA) is 56.5 Å². The Kier molecular flexibility index (Phi) is 4.19. The zero-order chi connectivity index (χ0) is 17.9. The Morgan fingerprint density at radius 1 is 1.08 bits per heavy atom. The van der Waals surface area contributed by atoms with Crippen molar-refractivity contribution in [1.82, 2.24) is 14.4 Å². The van der Waals surface area contributed by atoms with Gasteiger partial charge in [-0.1, -0.05) is 36.4 Å². The molecule has 0 aliphatic carbocycles. The van der Waals surface area contributed by atoms with E-state index in [1.165, 1.54) is 0 Å². The molecule has 0 aliphatic heterocycles. The van der Waals surface area contributed by atoms with E-state index in [-0.39, 0.29) is 5.78 Å². The minimum atomic E-state index is 0.0344. The van der Waals surface area contributed by atoms with Crippen LogP contribution in [-0.4, -0.2) is 27.3 Å². The summed E-state index contributed by atoms with van der Waals surface area (Å²) in [6, 6.07) is 17.0. The highest BCUT2D eigenvalue weighted by atomic mass is 16.5. The molecule has 0 spiro atoms. The Morgan fingerprint density at radius 2 is 1.88 bits per heavy atom. The number of carbonyl (C=O) groups excluding carboxylic acids is 1. The van der Waals surface area contributed by atoms with Crippen molar-refractivity contribution in [3.63, 3.8) is 0 Å². The molecule has 0 N–H and O–H groups in total. The van der Waals surface area contributed by atoms with Crippen molar-refractivity contribution < 1.29 is 9.53 Å². The molecule has 2 aromatic heterocycles. The van der Waals surface area contributed by atoms with E-state index in [0.29, 0.717) is 23.5 Å². The van der Waals surface area contributed by atoms with E-state index in [2.05, 4.69) is 9.97 Å². The number of imidazole rings is 1. The molecule has 0 atom stereocenters. The maximum Gasteiger partial charge on any atom is 0.234 e. The zero-order valence-corrected chi connectivity index (χ0v) is 14.3. The van der Waals surface area contributed by atoms with Crippen LogP contribution in [0.5, 0.6) is 5.75 Å². The molecule has 26 heavy (non-hydrogen) atoms. The van der Waals surface area contributed by atoms with Gasteiger partial charge in [-0.05, 0) is 23.8 Å². The Bertz CT molecular complexity index is 1040. The predicted octanol–water partition coefficient (Wildman–Crippen LogP) is 3.83. The highest BCUT2D eigenvalue weighted by Gasteiger charge is 2.12. The predicted molar refractivity (Wildman–Crippen MR) is 99.5 cm³/mol. The molecule has 128 valence electrons. The molecule has 0 unspecified atom stereocenters. The quantitative estimate of drug-likeness (QED) is 0.517. The zero-order valence-electron chi connectivity index (χ0n) is 14.3. The van der Waals surface area contributed by atoms with E-state index in [0.717, 1.165) is 16.8 Å². The molecule has 0 aliphatic rings. The molecule has 4 rings (SSSR count). The molecule has 2 aromatic carbocycles. The molecule has 5 heteroatoms. The number of aromatic nitrogens is 3. The monoisotopic (exact) mass is 343 g/mol. The van der Waals surface area contributed by atoms with Crippen LogP contribution in [0.1, 0.15) is 15.9 Å². The van der Waals surface area contributed by atoms with Crippen LogP contribution in [0.2, 0.25) is 0 Å². The summed E-state index contributed by atoms with van der Waals surface area (Å²) in [7, 11) is 1.57.